The summed E-state index contributed by atoms with van der Waals surface area (Å²) in [7, 11) is 0. The first-order chi connectivity index (χ1) is 14.4. The van der Waals surface area contributed by atoms with Gasteiger partial charge in [-0.2, -0.15) is 15.5 Å². The topological polar surface area (TPSA) is 120 Å². The van der Waals surface area contributed by atoms with E-state index < -0.39 is 24.5 Å². The summed E-state index contributed by atoms with van der Waals surface area (Å²) >= 11 is 6.06. The molecule has 0 fully saturated rings. The number of aliphatic hydroxyl groups is 1. The van der Waals surface area contributed by atoms with Crippen molar-refractivity contribution in [3.63, 3.8) is 0 Å². The van der Waals surface area contributed by atoms with Crippen LogP contribution in [-0.4, -0.2) is 37.0 Å². The van der Waals surface area contributed by atoms with Crippen LogP contribution < -0.4 is 5.32 Å². The lowest BCUT2D eigenvalue weighted by Crippen LogP contribution is -2.36. The molecule has 144 valence electrons. The number of nitrogens with zero attached hydrogens (tertiary/aromatic N) is 4. The van der Waals surface area contributed by atoms with E-state index in [4.69, 9.17) is 21.0 Å². The summed E-state index contributed by atoms with van der Waals surface area (Å²) in [5.74, 6) is -0.672. The van der Waals surface area contributed by atoms with Crippen molar-refractivity contribution in [3.8, 4) is 17.3 Å². The van der Waals surface area contributed by atoms with Crippen molar-refractivity contribution in [3.05, 3.63) is 58.5 Å². The van der Waals surface area contributed by atoms with Crippen molar-refractivity contribution in [2.45, 2.75) is 32.5 Å². The molecular weight excluding hydrogens is 380 g/mol. The molecule has 0 saturated heterocycles. The SMILES string of the molecule is [2H]C(C)(O)c1cc(C(=O)N[C@@H](C)C([2H])([2H])n2ccc(-c3ccc(C#N)c(Cl)c3)n2)n[nH]1. The zero-order chi connectivity index (χ0) is 23.0. The molecule has 28 heavy (non-hydrogen) atoms. The van der Waals surface area contributed by atoms with Crippen molar-refractivity contribution < 1.29 is 14.0 Å². The fourth-order valence-corrected chi connectivity index (χ4v) is 2.66. The van der Waals surface area contributed by atoms with Crippen LogP contribution in [0.25, 0.3) is 11.3 Å². The Bertz CT molecular complexity index is 1160. The molecule has 2 aromatic heterocycles. The first kappa shape index (κ1) is 15.9. The molecule has 3 rings (SSSR count). The van der Waals surface area contributed by atoms with Gasteiger partial charge in [-0.1, -0.05) is 17.7 Å². The summed E-state index contributed by atoms with van der Waals surface area (Å²) in [6.07, 6.45) is -0.500. The van der Waals surface area contributed by atoms with Crippen molar-refractivity contribution in [1.29, 1.82) is 5.26 Å². The minimum atomic E-state index is -2.09. The van der Waals surface area contributed by atoms with Crippen LogP contribution in [0.4, 0.5) is 0 Å². The molecule has 3 N–H and O–H groups in total. The fraction of sp³-hybridized carbons (Fsp3) is 0.263. The molecule has 0 spiro atoms. The van der Waals surface area contributed by atoms with Crippen LogP contribution in [0.2, 0.25) is 5.02 Å². The van der Waals surface area contributed by atoms with E-state index in [1.165, 1.54) is 26.1 Å². The highest BCUT2D eigenvalue weighted by Crippen LogP contribution is 2.24. The molecule has 0 radical (unpaired) electrons. The number of nitrogens with one attached hydrogen (secondary N) is 2. The molecule has 0 aliphatic heterocycles. The fourth-order valence-electron chi connectivity index (χ4n) is 2.44. The predicted molar refractivity (Wildman–Crippen MR) is 104 cm³/mol. The van der Waals surface area contributed by atoms with Crippen molar-refractivity contribution >= 4 is 17.5 Å². The van der Waals surface area contributed by atoms with Gasteiger partial charge in [0.25, 0.3) is 5.91 Å². The van der Waals surface area contributed by atoms with Gasteiger partial charge in [-0.05, 0) is 38.1 Å². The number of aromatic nitrogens is 4. The number of H-pyrrole nitrogens is 1. The highest BCUT2D eigenvalue weighted by atomic mass is 35.5. The largest absolute Gasteiger partial charge is 0.387 e. The number of hydrogen-bond donors (Lipinski definition) is 3. The normalized spacial score (nSPS) is 16.2. The molecule has 1 aromatic carbocycles. The molecule has 0 bridgehead atoms. The lowest BCUT2D eigenvalue weighted by atomic mass is 10.1. The second-order valence-electron chi connectivity index (χ2n) is 6.03. The Morgan fingerprint density at radius 3 is 2.93 bits per heavy atom. The van der Waals surface area contributed by atoms with E-state index in [1.54, 1.807) is 24.3 Å². The van der Waals surface area contributed by atoms with Crippen LogP contribution in [-0.2, 0) is 6.50 Å². The van der Waals surface area contributed by atoms with Crippen molar-refractivity contribution in [2.75, 3.05) is 0 Å². The lowest BCUT2D eigenvalue weighted by molar-refractivity contribution is 0.0931. The average Bonchev–Trinajstić information content (AvgIpc) is 3.37. The van der Waals surface area contributed by atoms with Crippen LogP contribution in [0.15, 0.2) is 36.5 Å². The van der Waals surface area contributed by atoms with E-state index >= 15 is 0 Å². The summed E-state index contributed by atoms with van der Waals surface area (Å²) in [5.41, 5.74) is 1.33. The van der Waals surface area contributed by atoms with E-state index in [1.807, 2.05) is 6.07 Å². The Hall–Kier alpha value is -3.15. The van der Waals surface area contributed by atoms with E-state index in [2.05, 4.69) is 20.6 Å². The second kappa shape index (κ2) is 8.25. The van der Waals surface area contributed by atoms with Crippen LogP contribution in [0.1, 0.15) is 45.8 Å². The minimum Gasteiger partial charge on any atom is -0.387 e. The van der Waals surface area contributed by atoms with E-state index in [0.717, 1.165) is 4.68 Å². The lowest BCUT2D eigenvalue weighted by Gasteiger charge is -2.13. The third-order valence-electron chi connectivity index (χ3n) is 3.85. The zero-order valence-electron chi connectivity index (χ0n) is 18.1. The molecule has 1 amide bonds. The number of hydrogen-bond acceptors (Lipinski definition) is 5. The Balaban J connectivity index is 1.77. The predicted octanol–water partition coefficient (Wildman–Crippen LogP) is 2.67. The molecule has 0 aliphatic carbocycles. The van der Waals surface area contributed by atoms with E-state index in [9.17, 15) is 9.90 Å². The molecule has 2 atom stereocenters. The second-order valence-corrected chi connectivity index (χ2v) is 6.44. The first-order valence-electron chi connectivity index (χ1n) is 9.79. The Morgan fingerprint density at radius 2 is 2.29 bits per heavy atom. The number of nitriles is 1. The highest BCUT2D eigenvalue weighted by molar-refractivity contribution is 6.32. The number of amides is 1. The Kier molecular flexibility index (Phi) is 4.67. The summed E-state index contributed by atoms with van der Waals surface area (Å²) in [6.45, 7) is 0.607. The van der Waals surface area contributed by atoms with Gasteiger partial charge >= 0.3 is 0 Å². The summed E-state index contributed by atoms with van der Waals surface area (Å²) in [5, 5.41) is 31.8. The first-order valence-corrected chi connectivity index (χ1v) is 8.66. The van der Waals surface area contributed by atoms with Gasteiger partial charge in [0.2, 0.25) is 0 Å². The molecular formula is C19H19ClN6O2. The number of carbonyl (C=O) groups is 1. The monoisotopic (exact) mass is 401 g/mol. The third kappa shape index (κ3) is 4.39. The van der Waals surface area contributed by atoms with Crippen LogP contribution in [0.3, 0.4) is 0 Å². The Labute approximate surface area is 171 Å². The molecule has 9 heteroatoms. The van der Waals surface area contributed by atoms with Crippen LogP contribution in [0, 0.1) is 11.3 Å². The molecule has 2 heterocycles. The van der Waals surface area contributed by atoms with Crippen molar-refractivity contribution in [1.82, 2.24) is 25.3 Å². The van der Waals surface area contributed by atoms with Gasteiger partial charge in [0.15, 0.2) is 0 Å². The maximum Gasteiger partial charge on any atom is 0.272 e. The van der Waals surface area contributed by atoms with E-state index in [0.29, 0.717) is 16.8 Å². The van der Waals surface area contributed by atoms with Gasteiger partial charge in [-0.15, -0.1) is 0 Å². The van der Waals surface area contributed by atoms with Crippen LogP contribution >= 0.6 is 11.6 Å². The van der Waals surface area contributed by atoms with E-state index in [-0.39, 0.29) is 16.4 Å². The number of benzene rings is 1. The average molecular weight is 402 g/mol. The van der Waals surface area contributed by atoms with Gasteiger partial charge in [-0.25, -0.2) is 0 Å². The highest BCUT2D eigenvalue weighted by Gasteiger charge is 2.16. The minimum absolute atomic E-state index is 0.0334. The zero-order valence-corrected chi connectivity index (χ0v) is 15.8. The number of halogens is 1. The summed E-state index contributed by atoms with van der Waals surface area (Å²) in [4.78, 5) is 12.4. The maximum atomic E-state index is 12.4. The van der Waals surface area contributed by atoms with Gasteiger partial charge in [0.05, 0.1) is 38.7 Å². The Morgan fingerprint density at radius 1 is 1.50 bits per heavy atom. The standard InChI is InChI=1S/C19H19ClN6O2/c1-11(22-19(28)18-8-17(12(2)27)23-24-18)10-26-6-5-16(25-26)13-3-4-14(9-21)15(20)7-13/h3-8,11-12,27H,10H2,1-2H3,(H,22,28)(H,23,24)/t11-,12?/m0/s1/i10D2,12D. The summed E-state index contributed by atoms with van der Waals surface area (Å²) in [6, 6.07) is 8.58. The molecule has 1 unspecified atom stereocenters. The van der Waals surface area contributed by atoms with Gasteiger partial charge in [0.1, 0.15) is 11.8 Å². The maximum absolute atomic E-state index is 12.4. The molecule has 8 nitrogen and oxygen atoms in total. The number of carbonyl (C=O) groups excluding carboxylic acids is 1. The quantitative estimate of drug-likeness (QED) is 0.586. The van der Waals surface area contributed by atoms with Crippen molar-refractivity contribution in [2.24, 2.45) is 0 Å². The van der Waals surface area contributed by atoms with Crippen LogP contribution in [0.5, 0.6) is 0 Å². The summed E-state index contributed by atoms with van der Waals surface area (Å²) < 4.78 is 25.4. The van der Waals surface area contributed by atoms with Gasteiger partial charge < -0.3 is 10.4 Å². The number of rotatable bonds is 6. The molecule has 0 aliphatic rings. The van der Waals surface area contributed by atoms with Gasteiger partial charge in [-0.3, -0.25) is 14.6 Å². The third-order valence-corrected chi connectivity index (χ3v) is 4.16. The molecule has 3 aromatic rings. The molecule has 0 saturated carbocycles. The smallest absolute Gasteiger partial charge is 0.272 e. The van der Waals surface area contributed by atoms with Gasteiger partial charge in [0, 0.05) is 17.8 Å². The number of aromatic amines is 1.